The van der Waals surface area contributed by atoms with Crippen molar-refractivity contribution in [3.63, 3.8) is 0 Å². The van der Waals surface area contributed by atoms with Crippen molar-refractivity contribution in [2.75, 3.05) is 12.8 Å². The van der Waals surface area contributed by atoms with Gasteiger partial charge in [-0.2, -0.15) is 0 Å². The van der Waals surface area contributed by atoms with Gasteiger partial charge in [-0.3, -0.25) is 4.90 Å². The van der Waals surface area contributed by atoms with Crippen molar-refractivity contribution in [2.45, 2.75) is 32.0 Å². The Morgan fingerprint density at radius 1 is 1.00 bits per heavy atom. The Bertz CT molecular complexity index is 608. The zero-order valence-corrected chi connectivity index (χ0v) is 12.5. The summed E-state index contributed by atoms with van der Waals surface area (Å²) in [5.41, 5.74) is 9.41. The molecule has 1 aliphatic carbocycles. The molecule has 2 aromatic rings. The number of nitrogen functional groups attached to an aromatic ring is 1. The Balaban J connectivity index is 1.78. The van der Waals surface area contributed by atoms with E-state index in [0.717, 1.165) is 24.5 Å². The van der Waals surface area contributed by atoms with Gasteiger partial charge in [-0.1, -0.05) is 36.4 Å². The Labute approximate surface area is 126 Å². The van der Waals surface area contributed by atoms with Crippen LogP contribution in [0.4, 0.5) is 5.69 Å². The molecule has 1 saturated carbocycles. The second-order valence-corrected chi connectivity index (χ2v) is 5.65. The van der Waals surface area contributed by atoms with Crippen LogP contribution in [0.5, 0.6) is 5.75 Å². The van der Waals surface area contributed by atoms with Gasteiger partial charge in [0.2, 0.25) is 0 Å². The molecule has 0 bridgehead atoms. The van der Waals surface area contributed by atoms with Crippen LogP contribution in [-0.4, -0.2) is 18.1 Å². The molecule has 0 spiro atoms. The van der Waals surface area contributed by atoms with Crippen LogP contribution >= 0.6 is 0 Å². The average Bonchev–Trinajstić information content (AvgIpc) is 3.34. The lowest BCUT2D eigenvalue weighted by Crippen LogP contribution is -2.25. The zero-order valence-electron chi connectivity index (χ0n) is 12.5. The van der Waals surface area contributed by atoms with E-state index in [9.17, 15) is 0 Å². The first-order valence-electron chi connectivity index (χ1n) is 7.47. The molecule has 0 atom stereocenters. The van der Waals surface area contributed by atoms with Crippen LogP contribution in [0.1, 0.15) is 24.0 Å². The zero-order chi connectivity index (χ0) is 14.7. The molecule has 110 valence electrons. The van der Waals surface area contributed by atoms with Crippen LogP contribution < -0.4 is 10.5 Å². The summed E-state index contributed by atoms with van der Waals surface area (Å²) in [6, 6.07) is 17.1. The lowest BCUT2D eigenvalue weighted by molar-refractivity contribution is 0.242. The van der Waals surface area contributed by atoms with Gasteiger partial charge in [0.15, 0.2) is 0 Å². The minimum Gasteiger partial charge on any atom is -0.496 e. The van der Waals surface area contributed by atoms with Crippen LogP contribution in [-0.2, 0) is 13.1 Å². The van der Waals surface area contributed by atoms with Gasteiger partial charge < -0.3 is 10.5 Å². The van der Waals surface area contributed by atoms with E-state index < -0.39 is 0 Å². The van der Waals surface area contributed by atoms with Crippen molar-refractivity contribution in [3.05, 3.63) is 59.7 Å². The number of nitrogens with zero attached hydrogens (tertiary/aromatic N) is 1. The number of anilines is 1. The molecule has 0 aromatic heterocycles. The summed E-state index contributed by atoms with van der Waals surface area (Å²) in [6.07, 6.45) is 2.56. The lowest BCUT2D eigenvalue weighted by Gasteiger charge is -2.24. The van der Waals surface area contributed by atoms with Crippen LogP contribution in [0, 0.1) is 0 Å². The van der Waals surface area contributed by atoms with Crippen molar-refractivity contribution in [1.29, 1.82) is 0 Å². The third-order valence-electron chi connectivity index (χ3n) is 4.06. The number of nitrogens with two attached hydrogens (primary N) is 1. The molecule has 1 aliphatic rings. The molecule has 21 heavy (non-hydrogen) atoms. The predicted octanol–water partition coefficient (Wildman–Crippen LogP) is 3.44. The van der Waals surface area contributed by atoms with Crippen LogP contribution in [0.15, 0.2) is 48.5 Å². The van der Waals surface area contributed by atoms with Gasteiger partial charge in [0.1, 0.15) is 5.75 Å². The van der Waals surface area contributed by atoms with E-state index in [1.54, 1.807) is 7.11 Å². The van der Waals surface area contributed by atoms with E-state index in [1.807, 2.05) is 24.3 Å². The molecule has 0 heterocycles. The van der Waals surface area contributed by atoms with E-state index in [4.69, 9.17) is 10.5 Å². The van der Waals surface area contributed by atoms with Gasteiger partial charge in [-0.05, 0) is 30.5 Å². The standard InChI is InChI=1S/C18H22N2O/c1-21-18-9-5-3-7-15(18)13-20(16-10-11-16)12-14-6-2-4-8-17(14)19/h2-9,16H,10-13,19H2,1H3. The first-order valence-corrected chi connectivity index (χ1v) is 7.47. The van der Waals surface area contributed by atoms with Crippen molar-refractivity contribution < 1.29 is 4.74 Å². The average molecular weight is 282 g/mol. The van der Waals surface area contributed by atoms with E-state index in [-0.39, 0.29) is 0 Å². The predicted molar refractivity (Wildman–Crippen MR) is 86.1 cm³/mol. The summed E-state index contributed by atoms with van der Waals surface area (Å²) < 4.78 is 5.47. The number of benzene rings is 2. The molecule has 0 saturated heterocycles. The second kappa shape index (κ2) is 6.19. The van der Waals surface area contributed by atoms with Gasteiger partial charge in [-0.15, -0.1) is 0 Å². The fraction of sp³-hybridized carbons (Fsp3) is 0.333. The summed E-state index contributed by atoms with van der Waals surface area (Å²) in [7, 11) is 1.73. The maximum atomic E-state index is 6.09. The highest BCUT2D eigenvalue weighted by molar-refractivity contribution is 5.46. The minimum atomic E-state index is 0.675. The molecule has 3 rings (SSSR count). The summed E-state index contributed by atoms with van der Waals surface area (Å²) in [5.74, 6) is 0.962. The number of hydrogen-bond acceptors (Lipinski definition) is 3. The fourth-order valence-corrected chi connectivity index (χ4v) is 2.70. The summed E-state index contributed by atoms with van der Waals surface area (Å²) in [4.78, 5) is 2.50. The summed E-state index contributed by atoms with van der Waals surface area (Å²) in [5, 5.41) is 0. The lowest BCUT2D eigenvalue weighted by atomic mass is 10.1. The summed E-state index contributed by atoms with van der Waals surface area (Å²) >= 11 is 0. The van der Waals surface area contributed by atoms with Crippen molar-refractivity contribution >= 4 is 5.69 Å². The highest BCUT2D eigenvalue weighted by atomic mass is 16.5. The number of hydrogen-bond donors (Lipinski definition) is 1. The molecule has 3 nitrogen and oxygen atoms in total. The molecule has 2 aromatic carbocycles. The third-order valence-corrected chi connectivity index (χ3v) is 4.06. The first kappa shape index (κ1) is 14.0. The van der Waals surface area contributed by atoms with Gasteiger partial charge in [0.05, 0.1) is 7.11 Å². The molecular weight excluding hydrogens is 260 g/mol. The number of para-hydroxylation sites is 2. The Morgan fingerprint density at radius 3 is 2.29 bits per heavy atom. The van der Waals surface area contributed by atoms with Crippen LogP contribution in [0.25, 0.3) is 0 Å². The van der Waals surface area contributed by atoms with Crippen LogP contribution in [0.2, 0.25) is 0 Å². The Morgan fingerprint density at radius 2 is 1.62 bits per heavy atom. The molecule has 0 aliphatic heterocycles. The molecular formula is C18H22N2O. The number of methoxy groups -OCH3 is 1. The SMILES string of the molecule is COc1ccccc1CN(Cc1ccccc1N)C1CC1. The van der Waals surface area contributed by atoms with Crippen LogP contribution in [0.3, 0.4) is 0 Å². The molecule has 0 unspecified atom stereocenters. The molecule has 1 fully saturated rings. The van der Waals surface area contributed by atoms with E-state index >= 15 is 0 Å². The fourth-order valence-electron chi connectivity index (χ4n) is 2.70. The second-order valence-electron chi connectivity index (χ2n) is 5.65. The highest BCUT2D eigenvalue weighted by Crippen LogP contribution is 2.32. The molecule has 2 N–H and O–H groups in total. The maximum absolute atomic E-state index is 6.09. The smallest absolute Gasteiger partial charge is 0.123 e. The highest BCUT2D eigenvalue weighted by Gasteiger charge is 2.29. The summed E-state index contributed by atoms with van der Waals surface area (Å²) in [6.45, 7) is 1.80. The van der Waals surface area contributed by atoms with Gasteiger partial charge in [-0.25, -0.2) is 0 Å². The Kier molecular flexibility index (Phi) is 4.11. The van der Waals surface area contributed by atoms with Crippen molar-refractivity contribution in [1.82, 2.24) is 4.90 Å². The van der Waals surface area contributed by atoms with Gasteiger partial charge in [0, 0.05) is 30.4 Å². The number of rotatable bonds is 6. The molecule has 0 radical (unpaired) electrons. The third kappa shape index (κ3) is 3.37. The number of ether oxygens (including phenoxy) is 1. The topological polar surface area (TPSA) is 38.5 Å². The first-order chi connectivity index (χ1) is 10.3. The maximum Gasteiger partial charge on any atom is 0.123 e. The van der Waals surface area contributed by atoms with E-state index in [0.29, 0.717) is 6.04 Å². The largest absolute Gasteiger partial charge is 0.496 e. The molecule has 3 heteroatoms. The normalized spacial score (nSPS) is 14.4. The minimum absolute atomic E-state index is 0.675. The quantitative estimate of drug-likeness (QED) is 0.825. The molecule has 0 amide bonds. The van der Waals surface area contributed by atoms with Gasteiger partial charge >= 0.3 is 0 Å². The van der Waals surface area contributed by atoms with Gasteiger partial charge in [0.25, 0.3) is 0 Å². The monoisotopic (exact) mass is 282 g/mol. The van der Waals surface area contributed by atoms with Crippen molar-refractivity contribution in [2.24, 2.45) is 0 Å². The van der Waals surface area contributed by atoms with E-state index in [1.165, 1.54) is 24.0 Å². The van der Waals surface area contributed by atoms with E-state index in [2.05, 4.69) is 29.2 Å². The van der Waals surface area contributed by atoms with Crippen molar-refractivity contribution in [3.8, 4) is 5.75 Å². The Hall–Kier alpha value is -2.00.